The molecule has 1 saturated carbocycles. The number of carbonyl (C=O) groups excluding carboxylic acids is 1. The summed E-state index contributed by atoms with van der Waals surface area (Å²) >= 11 is 0. The minimum absolute atomic E-state index is 0.159. The van der Waals surface area contributed by atoms with E-state index in [1.807, 2.05) is 30.3 Å². The van der Waals surface area contributed by atoms with Gasteiger partial charge in [0.25, 0.3) is 5.91 Å². The molecule has 2 aromatic rings. The van der Waals surface area contributed by atoms with Gasteiger partial charge in [-0.3, -0.25) is 4.79 Å². The maximum absolute atomic E-state index is 12.1. The minimum Gasteiger partial charge on any atom is -0.347 e. The van der Waals surface area contributed by atoms with Gasteiger partial charge in [-0.05, 0) is 18.4 Å². The lowest BCUT2D eigenvalue weighted by molar-refractivity contribution is 0.0917. The van der Waals surface area contributed by atoms with Crippen LogP contribution in [0.1, 0.15) is 48.3 Å². The van der Waals surface area contributed by atoms with Crippen LogP contribution in [0.25, 0.3) is 0 Å². The fourth-order valence-corrected chi connectivity index (χ4v) is 2.74. The topological polar surface area (TPSA) is 59.8 Å². The Labute approximate surface area is 124 Å². The van der Waals surface area contributed by atoms with Crippen molar-refractivity contribution in [1.29, 1.82) is 0 Å². The highest BCUT2D eigenvalue weighted by Crippen LogP contribution is 2.17. The van der Waals surface area contributed by atoms with Gasteiger partial charge in [-0.25, -0.2) is 9.67 Å². The fourth-order valence-electron chi connectivity index (χ4n) is 2.74. The molecule has 1 N–H and O–H groups in total. The van der Waals surface area contributed by atoms with E-state index in [1.54, 1.807) is 11.0 Å². The molecule has 1 aromatic heterocycles. The Hall–Kier alpha value is -2.17. The molecule has 1 fully saturated rings. The molecular weight excluding hydrogens is 264 g/mol. The molecule has 0 aliphatic heterocycles. The molecule has 1 aliphatic rings. The molecule has 5 nitrogen and oxygen atoms in total. The van der Waals surface area contributed by atoms with E-state index in [9.17, 15) is 4.79 Å². The molecule has 0 unspecified atom stereocenters. The van der Waals surface area contributed by atoms with Crippen LogP contribution in [0.4, 0.5) is 0 Å². The van der Waals surface area contributed by atoms with Crippen molar-refractivity contribution in [2.24, 2.45) is 0 Å². The van der Waals surface area contributed by atoms with E-state index < -0.39 is 0 Å². The summed E-state index contributed by atoms with van der Waals surface area (Å²) in [6, 6.07) is 10.3. The highest BCUT2D eigenvalue weighted by Gasteiger charge is 2.19. The fraction of sp³-hybridized carbons (Fsp3) is 0.438. The maximum Gasteiger partial charge on any atom is 0.291 e. The molecule has 1 amide bonds. The summed E-state index contributed by atoms with van der Waals surface area (Å²) in [5, 5.41) is 7.30. The first-order valence-electron chi connectivity index (χ1n) is 7.55. The van der Waals surface area contributed by atoms with E-state index in [0.29, 0.717) is 6.54 Å². The zero-order valence-corrected chi connectivity index (χ0v) is 12.0. The number of benzene rings is 1. The number of aromatic nitrogens is 3. The van der Waals surface area contributed by atoms with Gasteiger partial charge in [0.15, 0.2) is 0 Å². The largest absolute Gasteiger partial charge is 0.347 e. The Bertz CT molecular complexity index is 587. The predicted octanol–water partition coefficient (Wildman–Crippen LogP) is 2.39. The summed E-state index contributed by atoms with van der Waals surface area (Å²) in [5.41, 5.74) is 1.14. The van der Waals surface area contributed by atoms with Gasteiger partial charge in [0.1, 0.15) is 6.33 Å². The van der Waals surface area contributed by atoms with Gasteiger partial charge in [0.05, 0.1) is 6.54 Å². The van der Waals surface area contributed by atoms with Gasteiger partial charge in [0, 0.05) is 6.04 Å². The second kappa shape index (κ2) is 6.52. The molecule has 0 bridgehead atoms. The molecule has 0 radical (unpaired) electrons. The van der Waals surface area contributed by atoms with Crippen LogP contribution in [-0.4, -0.2) is 26.7 Å². The number of nitrogens with one attached hydrogen (secondary N) is 1. The van der Waals surface area contributed by atoms with Crippen molar-refractivity contribution in [3.8, 4) is 0 Å². The van der Waals surface area contributed by atoms with Gasteiger partial charge >= 0.3 is 0 Å². The number of hydrogen-bond donors (Lipinski definition) is 1. The zero-order valence-electron chi connectivity index (χ0n) is 12.0. The third kappa shape index (κ3) is 3.68. The quantitative estimate of drug-likeness (QED) is 0.937. The number of amides is 1. The first kappa shape index (κ1) is 13.8. The molecule has 110 valence electrons. The average Bonchev–Trinajstić information content (AvgIpc) is 2.98. The van der Waals surface area contributed by atoms with Crippen LogP contribution >= 0.6 is 0 Å². The SMILES string of the molecule is O=C(NC1CCCCC1)c1ncn(Cc2ccccc2)n1. The first-order chi connectivity index (χ1) is 10.3. The van der Waals surface area contributed by atoms with Gasteiger partial charge < -0.3 is 5.32 Å². The standard InChI is InChI=1S/C16H20N4O/c21-16(18-14-9-5-2-6-10-14)15-17-12-20(19-15)11-13-7-3-1-4-8-13/h1,3-4,7-8,12,14H,2,5-6,9-11H2,(H,18,21). The zero-order chi connectivity index (χ0) is 14.5. The van der Waals surface area contributed by atoms with E-state index in [-0.39, 0.29) is 17.8 Å². The number of nitrogens with zero attached hydrogens (tertiary/aromatic N) is 3. The second-order valence-corrected chi connectivity index (χ2v) is 5.56. The molecule has 1 heterocycles. The molecular formula is C16H20N4O. The molecule has 1 aliphatic carbocycles. The van der Waals surface area contributed by atoms with Crippen LogP contribution in [-0.2, 0) is 6.54 Å². The van der Waals surface area contributed by atoms with Crippen LogP contribution in [0.2, 0.25) is 0 Å². The van der Waals surface area contributed by atoms with Crippen molar-refractivity contribution in [1.82, 2.24) is 20.1 Å². The molecule has 3 rings (SSSR count). The van der Waals surface area contributed by atoms with Crippen molar-refractivity contribution in [3.05, 3.63) is 48.0 Å². The van der Waals surface area contributed by atoms with Gasteiger partial charge in [-0.15, -0.1) is 5.10 Å². The van der Waals surface area contributed by atoms with E-state index >= 15 is 0 Å². The predicted molar refractivity (Wildman–Crippen MR) is 79.9 cm³/mol. The van der Waals surface area contributed by atoms with Crippen molar-refractivity contribution in [3.63, 3.8) is 0 Å². The number of carbonyl (C=O) groups is 1. The first-order valence-corrected chi connectivity index (χ1v) is 7.55. The molecule has 21 heavy (non-hydrogen) atoms. The van der Waals surface area contributed by atoms with Crippen LogP contribution in [0.15, 0.2) is 36.7 Å². The second-order valence-electron chi connectivity index (χ2n) is 5.56. The monoisotopic (exact) mass is 284 g/mol. The summed E-state index contributed by atoms with van der Waals surface area (Å²) < 4.78 is 1.70. The Morgan fingerprint density at radius 1 is 1.19 bits per heavy atom. The highest BCUT2D eigenvalue weighted by atomic mass is 16.2. The Balaban J connectivity index is 1.60. The normalized spacial score (nSPS) is 15.8. The summed E-state index contributed by atoms with van der Waals surface area (Å²) in [6.45, 7) is 0.630. The van der Waals surface area contributed by atoms with Gasteiger partial charge in [-0.2, -0.15) is 0 Å². The third-order valence-electron chi connectivity index (χ3n) is 3.87. The van der Waals surface area contributed by atoms with Crippen LogP contribution in [0.5, 0.6) is 0 Å². The summed E-state index contributed by atoms with van der Waals surface area (Å²) in [4.78, 5) is 16.2. The Morgan fingerprint density at radius 3 is 2.71 bits per heavy atom. The van der Waals surface area contributed by atoms with Gasteiger partial charge in [0.2, 0.25) is 5.82 Å². The summed E-state index contributed by atoms with van der Waals surface area (Å²) in [6.07, 6.45) is 7.41. The summed E-state index contributed by atoms with van der Waals surface area (Å²) in [7, 11) is 0. The van der Waals surface area contributed by atoms with E-state index in [0.717, 1.165) is 18.4 Å². The average molecular weight is 284 g/mol. The lowest BCUT2D eigenvalue weighted by atomic mass is 9.95. The van der Waals surface area contributed by atoms with E-state index in [4.69, 9.17) is 0 Å². The number of rotatable bonds is 4. The highest BCUT2D eigenvalue weighted by molar-refractivity contribution is 5.90. The molecule has 0 saturated heterocycles. The van der Waals surface area contributed by atoms with Crippen LogP contribution < -0.4 is 5.32 Å². The molecule has 0 spiro atoms. The van der Waals surface area contributed by atoms with E-state index in [1.165, 1.54) is 19.3 Å². The third-order valence-corrected chi connectivity index (χ3v) is 3.87. The van der Waals surface area contributed by atoms with Crippen molar-refractivity contribution in [2.75, 3.05) is 0 Å². The van der Waals surface area contributed by atoms with E-state index in [2.05, 4.69) is 15.4 Å². The lowest BCUT2D eigenvalue weighted by Crippen LogP contribution is -2.36. The summed E-state index contributed by atoms with van der Waals surface area (Å²) in [5.74, 6) is 0.102. The van der Waals surface area contributed by atoms with Crippen molar-refractivity contribution < 1.29 is 4.79 Å². The van der Waals surface area contributed by atoms with Gasteiger partial charge in [-0.1, -0.05) is 49.6 Å². The lowest BCUT2D eigenvalue weighted by Gasteiger charge is -2.21. The van der Waals surface area contributed by atoms with Crippen molar-refractivity contribution >= 4 is 5.91 Å². The van der Waals surface area contributed by atoms with Crippen LogP contribution in [0, 0.1) is 0 Å². The minimum atomic E-state index is -0.159. The maximum atomic E-state index is 12.1. The van der Waals surface area contributed by atoms with Crippen LogP contribution in [0.3, 0.4) is 0 Å². The van der Waals surface area contributed by atoms with Crippen molar-refractivity contribution in [2.45, 2.75) is 44.7 Å². The number of hydrogen-bond acceptors (Lipinski definition) is 3. The molecule has 5 heteroatoms. The Kier molecular flexibility index (Phi) is 4.28. The Morgan fingerprint density at radius 2 is 1.95 bits per heavy atom. The molecule has 0 atom stereocenters. The molecule has 1 aromatic carbocycles. The smallest absolute Gasteiger partial charge is 0.291 e.